The van der Waals surface area contributed by atoms with Gasteiger partial charge in [0.1, 0.15) is 11.6 Å². The Bertz CT molecular complexity index is 1370. The van der Waals surface area contributed by atoms with Gasteiger partial charge in [-0.1, -0.05) is 35.5 Å². The standard InChI is InChI=1S/C21H16ClN5O4S/c22-14-3-1-13(2-4-14)11-32-20-8-7-18-24-26(21(29)27(18)25-20)10-19(28)23-15-5-6-16-17(9-15)31-12-30-16/h1-9H,10-12H2,(H,23,28). The molecule has 1 amide bonds. The van der Waals surface area contributed by atoms with E-state index in [-0.39, 0.29) is 13.3 Å². The molecule has 0 saturated carbocycles. The van der Waals surface area contributed by atoms with E-state index in [9.17, 15) is 9.59 Å². The second-order valence-corrected chi connectivity index (χ2v) is 8.35. The van der Waals surface area contributed by atoms with Crippen LogP contribution in [0.4, 0.5) is 5.69 Å². The number of amides is 1. The summed E-state index contributed by atoms with van der Waals surface area (Å²) in [5, 5.41) is 12.6. The lowest BCUT2D eigenvalue weighted by Crippen LogP contribution is -2.28. The van der Waals surface area contributed by atoms with Crippen LogP contribution in [0.1, 0.15) is 5.56 Å². The number of halogens is 1. The molecule has 2 aromatic heterocycles. The number of hydrogen-bond donors (Lipinski definition) is 1. The Balaban J connectivity index is 1.28. The zero-order valence-corrected chi connectivity index (χ0v) is 18.1. The number of hydrogen-bond acceptors (Lipinski definition) is 7. The van der Waals surface area contributed by atoms with Gasteiger partial charge in [-0.3, -0.25) is 4.79 Å². The van der Waals surface area contributed by atoms with Gasteiger partial charge in [0.2, 0.25) is 12.7 Å². The minimum Gasteiger partial charge on any atom is -0.454 e. The Hall–Kier alpha value is -3.50. The maximum atomic E-state index is 12.7. The third kappa shape index (κ3) is 4.27. The van der Waals surface area contributed by atoms with Crippen molar-refractivity contribution in [1.82, 2.24) is 19.4 Å². The zero-order chi connectivity index (χ0) is 22.1. The fourth-order valence-electron chi connectivity index (χ4n) is 3.12. The molecule has 0 unspecified atom stereocenters. The molecule has 32 heavy (non-hydrogen) atoms. The first-order valence-electron chi connectivity index (χ1n) is 9.59. The van der Waals surface area contributed by atoms with E-state index in [1.165, 1.54) is 16.3 Å². The van der Waals surface area contributed by atoms with Crippen LogP contribution in [0.5, 0.6) is 11.5 Å². The van der Waals surface area contributed by atoms with Crippen LogP contribution in [-0.4, -0.2) is 32.1 Å². The van der Waals surface area contributed by atoms with Crippen LogP contribution in [0.25, 0.3) is 5.65 Å². The maximum absolute atomic E-state index is 12.7. The van der Waals surface area contributed by atoms with Gasteiger partial charge in [-0.25, -0.2) is 9.48 Å². The molecule has 5 rings (SSSR count). The number of aromatic nitrogens is 4. The van der Waals surface area contributed by atoms with Crippen molar-refractivity contribution < 1.29 is 14.3 Å². The molecule has 0 fully saturated rings. The molecular formula is C21H16ClN5O4S. The Morgan fingerprint density at radius 3 is 2.72 bits per heavy atom. The predicted molar refractivity (Wildman–Crippen MR) is 119 cm³/mol. The normalized spacial score (nSPS) is 12.3. The number of anilines is 1. The SMILES string of the molecule is O=C(Cn1nc2ccc(SCc3ccc(Cl)cc3)nn2c1=O)Nc1ccc2c(c1)OCO2. The first-order chi connectivity index (χ1) is 15.5. The summed E-state index contributed by atoms with van der Waals surface area (Å²) in [5.41, 5.74) is 1.50. The summed E-state index contributed by atoms with van der Waals surface area (Å²) >= 11 is 7.40. The first kappa shape index (κ1) is 20.4. The third-order valence-electron chi connectivity index (χ3n) is 4.67. The largest absolute Gasteiger partial charge is 0.454 e. The van der Waals surface area contributed by atoms with Crippen LogP contribution < -0.4 is 20.5 Å². The zero-order valence-electron chi connectivity index (χ0n) is 16.5. The van der Waals surface area contributed by atoms with E-state index in [2.05, 4.69) is 15.5 Å². The second-order valence-electron chi connectivity index (χ2n) is 6.91. The Morgan fingerprint density at radius 2 is 1.88 bits per heavy atom. The lowest BCUT2D eigenvalue weighted by molar-refractivity contribution is -0.117. The monoisotopic (exact) mass is 469 g/mol. The molecule has 3 heterocycles. The molecule has 9 nitrogen and oxygen atoms in total. The lowest BCUT2D eigenvalue weighted by atomic mass is 10.2. The summed E-state index contributed by atoms with van der Waals surface area (Å²) in [6, 6.07) is 16.1. The number of thioether (sulfide) groups is 1. The number of nitrogens with zero attached hydrogens (tertiary/aromatic N) is 4. The van der Waals surface area contributed by atoms with Crippen molar-refractivity contribution in [3.63, 3.8) is 0 Å². The number of fused-ring (bicyclic) bond motifs is 2. The van der Waals surface area contributed by atoms with Crippen molar-refractivity contribution in [2.75, 3.05) is 12.1 Å². The van der Waals surface area contributed by atoms with Crippen LogP contribution in [-0.2, 0) is 17.1 Å². The van der Waals surface area contributed by atoms with Crippen molar-refractivity contribution in [3.05, 3.63) is 75.7 Å². The predicted octanol–water partition coefficient (Wildman–Crippen LogP) is 3.20. The van der Waals surface area contributed by atoms with Gasteiger partial charge in [0, 0.05) is 22.5 Å². The molecule has 2 aromatic carbocycles. The van der Waals surface area contributed by atoms with Crippen LogP contribution in [0.2, 0.25) is 5.02 Å². The quantitative estimate of drug-likeness (QED) is 0.433. The van der Waals surface area contributed by atoms with Crippen molar-refractivity contribution in [2.45, 2.75) is 17.3 Å². The molecular weight excluding hydrogens is 454 g/mol. The molecule has 1 aliphatic heterocycles. The number of ether oxygens (including phenoxy) is 2. The summed E-state index contributed by atoms with van der Waals surface area (Å²) < 4.78 is 12.8. The summed E-state index contributed by atoms with van der Waals surface area (Å²) in [6.45, 7) is -0.0970. The topological polar surface area (TPSA) is 99.8 Å². The summed E-state index contributed by atoms with van der Waals surface area (Å²) in [5.74, 6) is 1.46. The molecule has 162 valence electrons. The molecule has 1 N–H and O–H groups in total. The third-order valence-corrected chi connectivity index (χ3v) is 5.91. The average molecular weight is 470 g/mol. The van der Waals surface area contributed by atoms with E-state index < -0.39 is 11.6 Å². The van der Waals surface area contributed by atoms with Crippen molar-refractivity contribution >= 4 is 40.6 Å². The minimum absolute atomic E-state index is 0.149. The van der Waals surface area contributed by atoms with Crippen LogP contribution in [0.15, 0.2) is 64.4 Å². The van der Waals surface area contributed by atoms with Gasteiger partial charge in [-0.05, 0) is 42.0 Å². The highest BCUT2D eigenvalue weighted by molar-refractivity contribution is 7.98. The number of carbonyl (C=O) groups is 1. The fourth-order valence-corrected chi connectivity index (χ4v) is 4.06. The van der Waals surface area contributed by atoms with Crippen molar-refractivity contribution in [1.29, 1.82) is 0 Å². The second kappa shape index (κ2) is 8.56. The fraction of sp³-hybridized carbons (Fsp3) is 0.143. The highest BCUT2D eigenvalue weighted by Gasteiger charge is 2.16. The molecule has 0 radical (unpaired) electrons. The van der Waals surface area contributed by atoms with Gasteiger partial charge < -0.3 is 14.8 Å². The van der Waals surface area contributed by atoms with E-state index in [1.807, 2.05) is 24.3 Å². The molecule has 0 spiro atoms. The number of rotatable bonds is 6. The van der Waals surface area contributed by atoms with E-state index in [1.54, 1.807) is 30.3 Å². The molecule has 0 aliphatic carbocycles. The van der Waals surface area contributed by atoms with Crippen molar-refractivity contribution in [2.24, 2.45) is 0 Å². The molecule has 0 atom stereocenters. The molecule has 11 heteroatoms. The van der Waals surface area contributed by atoms with E-state index in [0.717, 1.165) is 10.2 Å². The van der Waals surface area contributed by atoms with E-state index >= 15 is 0 Å². The van der Waals surface area contributed by atoms with Gasteiger partial charge in [-0.15, -0.1) is 5.10 Å². The van der Waals surface area contributed by atoms with Crippen LogP contribution >= 0.6 is 23.4 Å². The Labute approximate surface area is 190 Å². The molecule has 4 aromatic rings. The van der Waals surface area contributed by atoms with Gasteiger partial charge in [0.15, 0.2) is 17.1 Å². The van der Waals surface area contributed by atoms with E-state index in [0.29, 0.717) is 38.6 Å². The summed E-state index contributed by atoms with van der Waals surface area (Å²) in [4.78, 5) is 25.1. The number of nitrogens with one attached hydrogen (secondary N) is 1. The van der Waals surface area contributed by atoms with Gasteiger partial charge in [0.25, 0.3) is 0 Å². The van der Waals surface area contributed by atoms with Gasteiger partial charge in [-0.2, -0.15) is 9.61 Å². The molecule has 0 saturated heterocycles. The highest BCUT2D eigenvalue weighted by Crippen LogP contribution is 2.34. The maximum Gasteiger partial charge on any atom is 0.367 e. The smallest absolute Gasteiger partial charge is 0.367 e. The Morgan fingerprint density at radius 1 is 1.06 bits per heavy atom. The van der Waals surface area contributed by atoms with Crippen LogP contribution in [0, 0.1) is 0 Å². The average Bonchev–Trinajstić information content (AvgIpc) is 3.37. The summed E-state index contributed by atoms with van der Waals surface area (Å²) in [6.07, 6.45) is 0. The minimum atomic E-state index is -0.491. The highest BCUT2D eigenvalue weighted by atomic mass is 35.5. The van der Waals surface area contributed by atoms with Gasteiger partial charge >= 0.3 is 5.69 Å². The number of carbonyl (C=O) groups excluding carboxylic acids is 1. The molecule has 0 bridgehead atoms. The number of benzene rings is 2. The van der Waals surface area contributed by atoms with Crippen molar-refractivity contribution in [3.8, 4) is 11.5 Å². The van der Waals surface area contributed by atoms with Crippen LogP contribution in [0.3, 0.4) is 0 Å². The van der Waals surface area contributed by atoms with E-state index in [4.69, 9.17) is 21.1 Å². The lowest BCUT2D eigenvalue weighted by Gasteiger charge is -2.05. The summed E-state index contributed by atoms with van der Waals surface area (Å²) in [7, 11) is 0. The Kier molecular flexibility index (Phi) is 5.46. The first-order valence-corrected chi connectivity index (χ1v) is 11.0. The molecule has 1 aliphatic rings. The van der Waals surface area contributed by atoms with Gasteiger partial charge in [0.05, 0.1) is 0 Å².